The fraction of sp³-hybridized carbons (Fsp3) is 0.261. The van der Waals surface area contributed by atoms with E-state index in [9.17, 15) is 4.39 Å². The second kappa shape index (κ2) is 8.43. The monoisotopic (exact) mass is 433 g/mol. The molecule has 1 aromatic carbocycles. The van der Waals surface area contributed by atoms with E-state index in [1.54, 1.807) is 17.7 Å². The van der Waals surface area contributed by atoms with Gasteiger partial charge in [-0.3, -0.25) is 4.40 Å². The van der Waals surface area contributed by atoms with Crippen molar-refractivity contribution in [3.05, 3.63) is 60.8 Å². The van der Waals surface area contributed by atoms with E-state index >= 15 is 0 Å². The van der Waals surface area contributed by atoms with E-state index in [-0.39, 0.29) is 11.6 Å². The van der Waals surface area contributed by atoms with Gasteiger partial charge in [0.25, 0.3) is 0 Å². The summed E-state index contributed by atoms with van der Waals surface area (Å²) in [5.41, 5.74) is 3.26. The number of ether oxygens (including phenoxy) is 1. The average Bonchev–Trinajstić information content (AvgIpc) is 3.25. The molecule has 0 amide bonds. The van der Waals surface area contributed by atoms with Crippen LogP contribution in [0.1, 0.15) is 0 Å². The van der Waals surface area contributed by atoms with Gasteiger partial charge in [-0.25, -0.2) is 19.3 Å². The number of rotatable bonds is 5. The van der Waals surface area contributed by atoms with Crippen molar-refractivity contribution in [2.24, 2.45) is 0 Å². The van der Waals surface area contributed by atoms with Gasteiger partial charge in [0.1, 0.15) is 17.1 Å². The summed E-state index contributed by atoms with van der Waals surface area (Å²) in [7, 11) is 3.76. The molecule has 3 aromatic heterocycles. The molecule has 8 nitrogen and oxygen atoms in total. The van der Waals surface area contributed by atoms with Crippen molar-refractivity contribution in [2.45, 2.75) is 0 Å². The minimum absolute atomic E-state index is 0.175. The van der Waals surface area contributed by atoms with E-state index in [4.69, 9.17) is 4.74 Å². The van der Waals surface area contributed by atoms with Crippen molar-refractivity contribution in [3.63, 3.8) is 0 Å². The van der Waals surface area contributed by atoms with Crippen molar-refractivity contribution >= 4 is 23.0 Å². The molecule has 5 rings (SSSR count). The van der Waals surface area contributed by atoms with Crippen molar-refractivity contribution in [1.82, 2.24) is 24.3 Å². The fourth-order valence-corrected chi connectivity index (χ4v) is 3.88. The zero-order valence-electron chi connectivity index (χ0n) is 18.0. The largest absolute Gasteiger partial charge is 0.494 e. The highest BCUT2D eigenvalue weighted by Gasteiger charge is 2.18. The molecule has 0 aliphatic carbocycles. The van der Waals surface area contributed by atoms with Crippen LogP contribution in [-0.4, -0.2) is 64.6 Å². The van der Waals surface area contributed by atoms with Crippen molar-refractivity contribution in [1.29, 1.82) is 0 Å². The van der Waals surface area contributed by atoms with Gasteiger partial charge in [-0.05, 0) is 31.3 Å². The second-order valence-electron chi connectivity index (χ2n) is 7.76. The van der Waals surface area contributed by atoms with E-state index < -0.39 is 5.82 Å². The van der Waals surface area contributed by atoms with Crippen LogP contribution in [0, 0.1) is 5.82 Å². The van der Waals surface area contributed by atoms with Gasteiger partial charge in [-0.1, -0.05) is 6.07 Å². The molecule has 1 aliphatic heterocycles. The Bertz CT molecular complexity index is 1250. The number of nitrogens with zero attached hydrogens (tertiary/aromatic N) is 6. The summed E-state index contributed by atoms with van der Waals surface area (Å²) in [4.78, 5) is 17.5. The Morgan fingerprint density at radius 3 is 2.69 bits per heavy atom. The third-order valence-corrected chi connectivity index (χ3v) is 5.70. The second-order valence-corrected chi connectivity index (χ2v) is 7.76. The van der Waals surface area contributed by atoms with E-state index in [0.29, 0.717) is 17.1 Å². The SMILES string of the molecule is COc1cc(N2CCN(C)CC2)ccc1Nc1ncc(F)c(-c2cnc3ccccn23)n1. The number of halogens is 1. The number of methoxy groups -OCH3 is 1. The first-order chi connectivity index (χ1) is 15.6. The lowest BCUT2D eigenvalue weighted by Crippen LogP contribution is -2.44. The number of anilines is 3. The molecule has 0 atom stereocenters. The minimum atomic E-state index is -0.515. The highest BCUT2D eigenvalue weighted by Crippen LogP contribution is 2.32. The standard InChI is InChI=1S/C23H24FN7O/c1-29-9-11-30(12-10-29)16-6-7-18(20(13-16)32-2)27-23-26-14-17(24)22(28-23)19-15-25-21-5-3-4-8-31(19)21/h3-8,13-15H,9-12H2,1-2H3,(H,26,27,28). The fourth-order valence-electron chi connectivity index (χ4n) is 3.88. The molecule has 0 spiro atoms. The summed E-state index contributed by atoms with van der Waals surface area (Å²) in [5, 5.41) is 3.17. The zero-order valence-corrected chi connectivity index (χ0v) is 18.0. The summed E-state index contributed by atoms with van der Waals surface area (Å²) in [6.45, 7) is 3.99. The van der Waals surface area contributed by atoms with E-state index in [0.717, 1.165) is 43.7 Å². The first-order valence-corrected chi connectivity index (χ1v) is 10.5. The van der Waals surface area contributed by atoms with Crippen LogP contribution in [0.25, 0.3) is 17.0 Å². The van der Waals surface area contributed by atoms with E-state index in [1.807, 2.05) is 42.6 Å². The topological polar surface area (TPSA) is 70.8 Å². The Labute approximate surface area is 185 Å². The normalized spacial score (nSPS) is 14.7. The molecule has 0 unspecified atom stereocenters. The minimum Gasteiger partial charge on any atom is -0.494 e. The summed E-state index contributed by atoms with van der Waals surface area (Å²) in [6.07, 6.45) is 4.60. The van der Waals surface area contributed by atoms with Gasteiger partial charge >= 0.3 is 0 Å². The number of aromatic nitrogens is 4. The van der Waals surface area contributed by atoms with Crippen molar-refractivity contribution < 1.29 is 9.13 Å². The summed E-state index contributed by atoms with van der Waals surface area (Å²) in [6, 6.07) is 11.6. The number of nitrogens with one attached hydrogen (secondary N) is 1. The number of pyridine rings is 1. The molecule has 1 fully saturated rings. The van der Waals surface area contributed by atoms with Gasteiger partial charge in [-0.15, -0.1) is 0 Å². The number of benzene rings is 1. The van der Waals surface area contributed by atoms with Gasteiger partial charge in [-0.2, -0.15) is 0 Å². The molecular formula is C23H24FN7O. The van der Waals surface area contributed by atoms with E-state index in [2.05, 4.69) is 37.1 Å². The molecule has 4 aromatic rings. The Morgan fingerprint density at radius 2 is 1.88 bits per heavy atom. The quantitative estimate of drug-likeness (QED) is 0.517. The predicted molar refractivity (Wildman–Crippen MR) is 122 cm³/mol. The van der Waals surface area contributed by atoms with Crippen LogP contribution in [0.15, 0.2) is 55.0 Å². The molecule has 9 heteroatoms. The molecule has 0 radical (unpaired) electrons. The molecular weight excluding hydrogens is 409 g/mol. The van der Waals surface area contributed by atoms with Gasteiger partial charge < -0.3 is 19.9 Å². The van der Waals surface area contributed by atoms with Crippen LogP contribution < -0.4 is 15.0 Å². The van der Waals surface area contributed by atoms with Gasteiger partial charge in [0.15, 0.2) is 5.82 Å². The number of piperazine rings is 1. The lowest BCUT2D eigenvalue weighted by molar-refractivity contribution is 0.312. The van der Waals surface area contributed by atoms with Crippen molar-refractivity contribution in [2.75, 3.05) is 50.6 Å². The number of likely N-dealkylation sites (N-methyl/N-ethyl adjacent to an activating group) is 1. The molecule has 164 valence electrons. The molecule has 1 aliphatic rings. The van der Waals surface area contributed by atoms with Crippen molar-refractivity contribution in [3.8, 4) is 17.1 Å². The van der Waals surface area contributed by atoms with Gasteiger partial charge in [0, 0.05) is 44.1 Å². The highest BCUT2D eigenvalue weighted by atomic mass is 19.1. The van der Waals surface area contributed by atoms with Crippen LogP contribution in [0.5, 0.6) is 5.75 Å². The van der Waals surface area contributed by atoms with E-state index in [1.165, 1.54) is 0 Å². The first-order valence-electron chi connectivity index (χ1n) is 10.5. The van der Waals surface area contributed by atoms with Crippen LogP contribution in [0.4, 0.5) is 21.7 Å². The number of fused-ring (bicyclic) bond motifs is 1. The van der Waals surface area contributed by atoms with Gasteiger partial charge in [0.2, 0.25) is 5.95 Å². The molecule has 32 heavy (non-hydrogen) atoms. The summed E-state index contributed by atoms with van der Waals surface area (Å²) in [5.74, 6) is 0.433. The third kappa shape index (κ3) is 3.82. The zero-order chi connectivity index (χ0) is 22.1. The highest BCUT2D eigenvalue weighted by molar-refractivity contribution is 5.69. The third-order valence-electron chi connectivity index (χ3n) is 5.70. The van der Waals surface area contributed by atoms with Crippen LogP contribution in [-0.2, 0) is 0 Å². The first kappa shape index (κ1) is 20.2. The Hall–Kier alpha value is -3.72. The summed E-state index contributed by atoms with van der Waals surface area (Å²) < 4.78 is 22.0. The Morgan fingerprint density at radius 1 is 1.03 bits per heavy atom. The Balaban J connectivity index is 1.43. The van der Waals surface area contributed by atoms with Crippen LogP contribution in [0.3, 0.4) is 0 Å². The average molecular weight is 433 g/mol. The summed E-state index contributed by atoms with van der Waals surface area (Å²) >= 11 is 0. The number of hydrogen-bond acceptors (Lipinski definition) is 7. The molecule has 0 bridgehead atoms. The van der Waals surface area contributed by atoms with Crippen LogP contribution >= 0.6 is 0 Å². The smallest absolute Gasteiger partial charge is 0.228 e. The maximum Gasteiger partial charge on any atom is 0.228 e. The predicted octanol–water partition coefficient (Wildman–Crippen LogP) is 3.43. The molecule has 0 saturated carbocycles. The lowest BCUT2D eigenvalue weighted by Gasteiger charge is -2.34. The van der Waals surface area contributed by atoms with Crippen LogP contribution in [0.2, 0.25) is 0 Å². The van der Waals surface area contributed by atoms with Gasteiger partial charge in [0.05, 0.1) is 30.9 Å². The molecule has 1 saturated heterocycles. The number of hydrogen-bond donors (Lipinski definition) is 1. The lowest BCUT2D eigenvalue weighted by atomic mass is 10.2. The number of imidazole rings is 1. The maximum atomic E-state index is 14.6. The molecule has 4 heterocycles. The maximum absolute atomic E-state index is 14.6. The Kier molecular flexibility index (Phi) is 5.32. The molecule has 1 N–H and O–H groups in total.